The molecule has 0 radical (unpaired) electrons. The molecule has 4 N–H and O–H groups in total. The van der Waals surface area contributed by atoms with Gasteiger partial charge in [0.2, 0.25) is 5.91 Å². The van der Waals surface area contributed by atoms with Crippen LogP contribution in [0.25, 0.3) is 0 Å². The van der Waals surface area contributed by atoms with E-state index in [1.165, 1.54) is 5.56 Å². The van der Waals surface area contributed by atoms with Crippen molar-refractivity contribution in [2.75, 3.05) is 5.32 Å². The number of nitrogens with zero attached hydrogens (tertiary/aromatic N) is 1. The molecule has 1 aromatic rings. The second-order valence-corrected chi connectivity index (χ2v) is 4.16. The first kappa shape index (κ1) is 11.4. The molecule has 1 heterocycles. The van der Waals surface area contributed by atoms with E-state index in [9.17, 15) is 4.79 Å². The molecule has 5 nitrogen and oxygen atoms in total. The molecule has 0 saturated carbocycles. The van der Waals surface area contributed by atoms with Crippen molar-refractivity contribution < 1.29 is 4.79 Å². The van der Waals surface area contributed by atoms with Gasteiger partial charge in [-0.1, -0.05) is 18.2 Å². The van der Waals surface area contributed by atoms with Crippen LogP contribution in [0.5, 0.6) is 0 Å². The standard InChI is InChI=1S/C12H16N4O/c1-8(6-11(13)17)15-12-14-7-9-4-2-3-5-10(9)16-12/h2-5,8H,6-7H2,1H3,(H2,13,17)(H2,14,15,16). The minimum absolute atomic E-state index is 0.0241. The van der Waals surface area contributed by atoms with Gasteiger partial charge in [0, 0.05) is 18.2 Å². The van der Waals surface area contributed by atoms with Crippen LogP contribution in [0.1, 0.15) is 18.9 Å². The van der Waals surface area contributed by atoms with Crippen molar-refractivity contribution in [3.8, 4) is 0 Å². The average Bonchev–Trinajstić information content (AvgIpc) is 2.27. The molecule has 1 aromatic carbocycles. The van der Waals surface area contributed by atoms with Crippen LogP contribution in [0, 0.1) is 0 Å². The summed E-state index contributed by atoms with van der Waals surface area (Å²) in [4.78, 5) is 15.1. The normalized spacial score (nSPS) is 15.2. The molecule has 90 valence electrons. The van der Waals surface area contributed by atoms with Gasteiger partial charge in [-0.3, -0.25) is 4.79 Å². The molecule has 0 bridgehead atoms. The number of carbonyl (C=O) groups excluding carboxylic acids is 1. The van der Waals surface area contributed by atoms with Gasteiger partial charge >= 0.3 is 0 Å². The molecular weight excluding hydrogens is 216 g/mol. The van der Waals surface area contributed by atoms with Crippen molar-refractivity contribution in [2.45, 2.75) is 25.9 Å². The molecule has 0 aromatic heterocycles. The van der Waals surface area contributed by atoms with Crippen LogP contribution in [0.15, 0.2) is 29.3 Å². The van der Waals surface area contributed by atoms with Gasteiger partial charge in [-0.15, -0.1) is 0 Å². The zero-order valence-electron chi connectivity index (χ0n) is 9.73. The maximum Gasteiger partial charge on any atom is 0.219 e. The third-order valence-corrected chi connectivity index (χ3v) is 2.57. The summed E-state index contributed by atoms with van der Waals surface area (Å²) < 4.78 is 0. The van der Waals surface area contributed by atoms with Gasteiger partial charge in [0.05, 0.1) is 6.54 Å². The fourth-order valence-corrected chi connectivity index (χ4v) is 1.78. The summed E-state index contributed by atoms with van der Waals surface area (Å²) in [6, 6.07) is 7.98. The van der Waals surface area contributed by atoms with Gasteiger partial charge in [0.15, 0.2) is 5.96 Å². The fourth-order valence-electron chi connectivity index (χ4n) is 1.78. The van der Waals surface area contributed by atoms with Gasteiger partial charge in [-0.05, 0) is 18.6 Å². The molecule has 17 heavy (non-hydrogen) atoms. The first-order valence-corrected chi connectivity index (χ1v) is 5.59. The summed E-state index contributed by atoms with van der Waals surface area (Å²) in [5.41, 5.74) is 7.36. The lowest BCUT2D eigenvalue weighted by molar-refractivity contribution is -0.118. The summed E-state index contributed by atoms with van der Waals surface area (Å²) >= 11 is 0. The van der Waals surface area contributed by atoms with Crippen molar-refractivity contribution >= 4 is 17.6 Å². The number of hydrogen-bond donors (Lipinski definition) is 3. The molecule has 0 saturated heterocycles. The summed E-state index contributed by atoms with van der Waals surface area (Å²) in [5, 5.41) is 6.32. The minimum atomic E-state index is -0.318. The second kappa shape index (κ2) is 4.86. The number of amides is 1. The number of aliphatic imine (C=N–C) groups is 1. The van der Waals surface area contributed by atoms with Crippen LogP contribution in [-0.2, 0) is 11.3 Å². The zero-order valence-corrected chi connectivity index (χ0v) is 9.73. The Kier molecular flexibility index (Phi) is 3.27. The molecule has 0 fully saturated rings. The summed E-state index contributed by atoms with van der Waals surface area (Å²) in [7, 11) is 0. The number of hydrogen-bond acceptors (Lipinski definition) is 4. The van der Waals surface area contributed by atoms with Gasteiger partial charge in [0.1, 0.15) is 0 Å². The number of nitrogens with one attached hydrogen (secondary N) is 2. The van der Waals surface area contributed by atoms with Crippen molar-refractivity contribution in [1.82, 2.24) is 5.32 Å². The quantitative estimate of drug-likeness (QED) is 0.722. The first-order chi connectivity index (χ1) is 8.15. The van der Waals surface area contributed by atoms with Gasteiger partial charge in [-0.2, -0.15) is 0 Å². The van der Waals surface area contributed by atoms with Crippen LogP contribution in [0.3, 0.4) is 0 Å². The Morgan fingerprint density at radius 3 is 3.12 bits per heavy atom. The summed E-state index contributed by atoms with van der Waals surface area (Å²) in [5.74, 6) is 0.374. The average molecular weight is 232 g/mol. The number of fused-ring (bicyclic) bond motifs is 1. The van der Waals surface area contributed by atoms with E-state index in [0.29, 0.717) is 18.9 Å². The van der Waals surface area contributed by atoms with E-state index in [2.05, 4.69) is 15.6 Å². The number of para-hydroxylation sites is 1. The maximum absolute atomic E-state index is 10.8. The number of benzene rings is 1. The Hall–Kier alpha value is -2.04. The Balaban J connectivity index is 1.97. The second-order valence-electron chi connectivity index (χ2n) is 4.16. The number of nitrogens with two attached hydrogens (primary N) is 1. The predicted octanol–water partition coefficient (Wildman–Crippen LogP) is 0.822. The molecule has 0 spiro atoms. The third-order valence-electron chi connectivity index (χ3n) is 2.57. The lowest BCUT2D eigenvalue weighted by Gasteiger charge is -2.21. The zero-order chi connectivity index (χ0) is 12.3. The molecule has 1 amide bonds. The van der Waals surface area contributed by atoms with E-state index >= 15 is 0 Å². The van der Waals surface area contributed by atoms with E-state index in [1.54, 1.807) is 0 Å². The highest BCUT2D eigenvalue weighted by molar-refractivity contribution is 5.96. The van der Waals surface area contributed by atoms with Crippen molar-refractivity contribution in [1.29, 1.82) is 0 Å². The molecule has 0 aliphatic carbocycles. The Bertz CT molecular complexity index is 456. The highest BCUT2D eigenvalue weighted by Crippen LogP contribution is 2.19. The van der Waals surface area contributed by atoms with Crippen LogP contribution in [-0.4, -0.2) is 17.9 Å². The SMILES string of the molecule is CC(CC(N)=O)NC1=NCc2ccccc2N1. The largest absolute Gasteiger partial charge is 0.370 e. The Morgan fingerprint density at radius 1 is 1.59 bits per heavy atom. The topological polar surface area (TPSA) is 79.5 Å². The molecule has 1 unspecified atom stereocenters. The van der Waals surface area contributed by atoms with E-state index in [4.69, 9.17) is 5.73 Å². The highest BCUT2D eigenvalue weighted by Gasteiger charge is 2.13. The lowest BCUT2D eigenvalue weighted by Crippen LogP contribution is -2.40. The molecule has 1 aliphatic rings. The molecule has 2 rings (SSSR count). The summed E-state index contributed by atoms with van der Waals surface area (Å²) in [6.45, 7) is 2.55. The number of guanidine groups is 1. The van der Waals surface area contributed by atoms with Crippen LogP contribution >= 0.6 is 0 Å². The maximum atomic E-state index is 10.8. The number of carbonyl (C=O) groups is 1. The first-order valence-electron chi connectivity index (χ1n) is 5.59. The lowest BCUT2D eigenvalue weighted by atomic mass is 10.1. The minimum Gasteiger partial charge on any atom is -0.370 e. The van der Waals surface area contributed by atoms with E-state index in [-0.39, 0.29) is 11.9 Å². The molecule has 1 aliphatic heterocycles. The molecule has 5 heteroatoms. The monoisotopic (exact) mass is 232 g/mol. The number of primary amides is 1. The van der Waals surface area contributed by atoms with Crippen LogP contribution in [0.4, 0.5) is 5.69 Å². The smallest absolute Gasteiger partial charge is 0.219 e. The van der Waals surface area contributed by atoms with Gasteiger partial charge < -0.3 is 16.4 Å². The van der Waals surface area contributed by atoms with Crippen molar-refractivity contribution in [2.24, 2.45) is 10.7 Å². The number of rotatable bonds is 3. The molecular formula is C12H16N4O. The Morgan fingerprint density at radius 2 is 2.35 bits per heavy atom. The van der Waals surface area contributed by atoms with Crippen LogP contribution in [0.2, 0.25) is 0 Å². The third kappa shape index (κ3) is 2.96. The van der Waals surface area contributed by atoms with Crippen molar-refractivity contribution in [3.63, 3.8) is 0 Å². The predicted molar refractivity (Wildman–Crippen MR) is 67.6 cm³/mol. The van der Waals surface area contributed by atoms with Crippen molar-refractivity contribution in [3.05, 3.63) is 29.8 Å². The fraction of sp³-hybridized carbons (Fsp3) is 0.333. The van der Waals surface area contributed by atoms with E-state index in [1.807, 2.05) is 31.2 Å². The molecule has 1 atom stereocenters. The number of anilines is 1. The van der Waals surface area contributed by atoms with Gasteiger partial charge in [0.25, 0.3) is 0 Å². The van der Waals surface area contributed by atoms with Gasteiger partial charge in [-0.25, -0.2) is 4.99 Å². The highest BCUT2D eigenvalue weighted by atomic mass is 16.1. The summed E-state index contributed by atoms with van der Waals surface area (Å²) in [6.07, 6.45) is 0.294. The Labute approximate surface area is 100 Å². The van der Waals surface area contributed by atoms with Crippen LogP contribution < -0.4 is 16.4 Å². The van der Waals surface area contributed by atoms with E-state index in [0.717, 1.165) is 5.69 Å². The van der Waals surface area contributed by atoms with E-state index < -0.39 is 0 Å².